The molecule has 18 heavy (non-hydrogen) atoms. The molecular formula is C14H23FN2O. The van der Waals surface area contributed by atoms with Crippen molar-refractivity contribution in [2.75, 3.05) is 38.8 Å². The zero-order valence-corrected chi connectivity index (χ0v) is 11.5. The molecule has 0 aromatic heterocycles. The second kappa shape index (κ2) is 8.06. The van der Waals surface area contributed by atoms with Gasteiger partial charge in [0.05, 0.1) is 0 Å². The number of rotatable bonds is 8. The van der Waals surface area contributed by atoms with Crippen molar-refractivity contribution in [3.05, 3.63) is 29.6 Å². The Morgan fingerprint density at radius 1 is 1.39 bits per heavy atom. The second-order valence-corrected chi connectivity index (χ2v) is 4.32. The van der Waals surface area contributed by atoms with Crippen LogP contribution in [0.4, 0.5) is 10.1 Å². The van der Waals surface area contributed by atoms with Crippen LogP contribution in [0.25, 0.3) is 0 Å². The van der Waals surface area contributed by atoms with Crippen molar-refractivity contribution in [1.82, 2.24) is 5.32 Å². The van der Waals surface area contributed by atoms with Gasteiger partial charge in [-0.3, -0.25) is 0 Å². The molecule has 0 aliphatic rings. The van der Waals surface area contributed by atoms with Crippen LogP contribution >= 0.6 is 0 Å². The van der Waals surface area contributed by atoms with Crippen LogP contribution in [0.1, 0.15) is 18.9 Å². The molecule has 1 N–H and O–H groups in total. The maximum absolute atomic E-state index is 13.3. The first kappa shape index (κ1) is 14.9. The molecule has 0 radical (unpaired) electrons. The van der Waals surface area contributed by atoms with E-state index in [1.54, 1.807) is 13.2 Å². The summed E-state index contributed by atoms with van der Waals surface area (Å²) in [5, 5.41) is 3.24. The minimum Gasteiger partial charge on any atom is -0.385 e. The van der Waals surface area contributed by atoms with E-state index in [9.17, 15) is 4.39 Å². The smallest absolute Gasteiger partial charge is 0.123 e. The van der Waals surface area contributed by atoms with Crippen molar-refractivity contribution >= 4 is 5.69 Å². The molecule has 0 bridgehead atoms. The van der Waals surface area contributed by atoms with E-state index < -0.39 is 0 Å². The lowest BCUT2D eigenvalue weighted by Crippen LogP contribution is -2.23. The summed E-state index contributed by atoms with van der Waals surface area (Å²) in [7, 11) is 3.73. The molecule has 102 valence electrons. The molecule has 0 spiro atoms. The summed E-state index contributed by atoms with van der Waals surface area (Å²) in [5.41, 5.74) is 2.07. The molecule has 0 aliphatic heterocycles. The summed E-state index contributed by atoms with van der Waals surface area (Å²) in [5.74, 6) is -0.183. The predicted molar refractivity (Wildman–Crippen MR) is 73.5 cm³/mol. The molecule has 0 amide bonds. The average molecular weight is 254 g/mol. The lowest BCUT2D eigenvalue weighted by Gasteiger charge is -2.22. The Hall–Kier alpha value is -1.13. The number of benzene rings is 1. The Morgan fingerprint density at radius 3 is 2.83 bits per heavy atom. The number of nitrogens with zero attached hydrogens (tertiary/aromatic N) is 1. The van der Waals surface area contributed by atoms with Crippen LogP contribution in [0.2, 0.25) is 0 Å². The summed E-state index contributed by atoms with van der Waals surface area (Å²) in [4.78, 5) is 2.14. The minimum absolute atomic E-state index is 0.183. The van der Waals surface area contributed by atoms with Crippen molar-refractivity contribution in [3.8, 4) is 0 Å². The second-order valence-electron chi connectivity index (χ2n) is 4.32. The molecule has 1 rings (SSSR count). The standard InChI is InChI=1S/C14H23FN2O/c1-4-16-11-12-10-13(15)6-7-14(12)17(2)8-5-9-18-3/h6-7,10,16H,4-5,8-9,11H2,1-3H3. The van der Waals surface area contributed by atoms with Crippen LogP contribution in [-0.4, -0.2) is 33.9 Å². The number of hydrogen-bond acceptors (Lipinski definition) is 3. The molecule has 0 saturated carbocycles. The van der Waals surface area contributed by atoms with E-state index in [1.807, 2.05) is 20.0 Å². The number of ether oxygens (including phenoxy) is 1. The van der Waals surface area contributed by atoms with E-state index in [2.05, 4.69) is 10.2 Å². The van der Waals surface area contributed by atoms with Gasteiger partial charge in [0, 0.05) is 39.5 Å². The third-order valence-electron chi connectivity index (χ3n) is 2.86. The first-order chi connectivity index (χ1) is 8.69. The molecule has 1 aromatic carbocycles. The highest BCUT2D eigenvalue weighted by atomic mass is 19.1. The molecule has 0 unspecified atom stereocenters. The van der Waals surface area contributed by atoms with Gasteiger partial charge in [0.25, 0.3) is 0 Å². The largest absolute Gasteiger partial charge is 0.385 e. The Labute approximate surface area is 109 Å². The van der Waals surface area contributed by atoms with Gasteiger partial charge in [0.2, 0.25) is 0 Å². The predicted octanol–water partition coefficient (Wildman–Crippen LogP) is 2.41. The van der Waals surface area contributed by atoms with E-state index in [-0.39, 0.29) is 5.82 Å². The molecule has 3 nitrogen and oxygen atoms in total. The van der Waals surface area contributed by atoms with Crippen molar-refractivity contribution < 1.29 is 9.13 Å². The summed E-state index contributed by atoms with van der Waals surface area (Å²) in [6.07, 6.45) is 0.963. The van der Waals surface area contributed by atoms with Crippen molar-refractivity contribution in [2.45, 2.75) is 19.9 Å². The van der Waals surface area contributed by atoms with Gasteiger partial charge in [-0.05, 0) is 36.7 Å². The Bertz CT molecular complexity index is 358. The Balaban J connectivity index is 2.72. The Kier molecular flexibility index (Phi) is 6.68. The van der Waals surface area contributed by atoms with Gasteiger partial charge >= 0.3 is 0 Å². The topological polar surface area (TPSA) is 24.5 Å². The maximum Gasteiger partial charge on any atom is 0.123 e. The van der Waals surface area contributed by atoms with Gasteiger partial charge in [-0.2, -0.15) is 0 Å². The summed E-state index contributed by atoms with van der Waals surface area (Å²) in [6.45, 7) is 5.26. The van der Waals surface area contributed by atoms with Crippen LogP contribution in [0, 0.1) is 5.82 Å². The quantitative estimate of drug-likeness (QED) is 0.721. The zero-order chi connectivity index (χ0) is 13.4. The third kappa shape index (κ3) is 4.63. The fraction of sp³-hybridized carbons (Fsp3) is 0.571. The van der Waals surface area contributed by atoms with Crippen LogP contribution < -0.4 is 10.2 Å². The van der Waals surface area contributed by atoms with Gasteiger partial charge in [-0.25, -0.2) is 4.39 Å². The van der Waals surface area contributed by atoms with E-state index in [0.717, 1.165) is 37.4 Å². The number of nitrogens with one attached hydrogen (secondary N) is 1. The number of anilines is 1. The number of halogens is 1. The third-order valence-corrected chi connectivity index (χ3v) is 2.86. The molecule has 0 atom stereocenters. The van der Waals surface area contributed by atoms with Gasteiger partial charge in [-0.1, -0.05) is 6.92 Å². The van der Waals surface area contributed by atoms with Gasteiger partial charge in [-0.15, -0.1) is 0 Å². The SMILES string of the molecule is CCNCc1cc(F)ccc1N(C)CCCOC. The summed E-state index contributed by atoms with van der Waals surface area (Å²) < 4.78 is 18.3. The van der Waals surface area contributed by atoms with Gasteiger partial charge in [0.15, 0.2) is 0 Å². The summed E-state index contributed by atoms with van der Waals surface area (Å²) >= 11 is 0. The molecule has 0 heterocycles. The molecule has 4 heteroatoms. The fourth-order valence-electron chi connectivity index (χ4n) is 1.89. The number of hydrogen-bond donors (Lipinski definition) is 1. The highest BCUT2D eigenvalue weighted by Gasteiger charge is 2.08. The lowest BCUT2D eigenvalue weighted by molar-refractivity contribution is 0.196. The highest BCUT2D eigenvalue weighted by molar-refractivity contribution is 5.53. The average Bonchev–Trinajstić information content (AvgIpc) is 2.36. The number of methoxy groups -OCH3 is 1. The van der Waals surface area contributed by atoms with Crippen LogP contribution in [0.15, 0.2) is 18.2 Å². The van der Waals surface area contributed by atoms with Gasteiger partial charge in [0.1, 0.15) is 5.82 Å². The van der Waals surface area contributed by atoms with Crippen molar-refractivity contribution in [3.63, 3.8) is 0 Å². The zero-order valence-electron chi connectivity index (χ0n) is 11.5. The van der Waals surface area contributed by atoms with Crippen LogP contribution in [0.3, 0.4) is 0 Å². The fourth-order valence-corrected chi connectivity index (χ4v) is 1.89. The van der Waals surface area contributed by atoms with Crippen LogP contribution in [0.5, 0.6) is 0 Å². The monoisotopic (exact) mass is 254 g/mol. The van der Waals surface area contributed by atoms with Gasteiger partial charge < -0.3 is 15.0 Å². The lowest BCUT2D eigenvalue weighted by atomic mass is 10.1. The summed E-state index contributed by atoms with van der Waals surface area (Å²) in [6, 6.07) is 4.96. The molecule has 0 fully saturated rings. The van der Waals surface area contributed by atoms with E-state index >= 15 is 0 Å². The van der Waals surface area contributed by atoms with Crippen molar-refractivity contribution in [1.29, 1.82) is 0 Å². The van der Waals surface area contributed by atoms with Crippen molar-refractivity contribution in [2.24, 2.45) is 0 Å². The van der Waals surface area contributed by atoms with E-state index in [0.29, 0.717) is 6.54 Å². The maximum atomic E-state index is 13.3. The molecule has 1 aromatic rings. The van der Waals surface area contributed by atoms with E-state index in [4.69, 9.17) is 4.74 Å². The first-order valence-corrected chi connectivity index (χ1v) is 6.38. The molecule has 0 aliphatic carbocycles. The Morgan fingerprint density at radius 2 is 2.17 bits per heavy atom. The molecular weight excluding hydrogens is 231 g/mol. The minimum atomic E-state index is -0.183. The van der Waals surface area contributed by atoms with E-state index in [1.165, 1.54) is 6.07 Å². The normalized spacial score (nSPS) is 10.7. The first-order valence-electron chi connectivity index (χ1n) is 6.38. The molecule has 0 saturated heterocycles. The van der Waals surface area contributed by atoms with Crippen LogP contribution in [-0.2, 0) is 11.3 Å². The highest BCUT2D eigenvalue weighted by Crippen LogP contribution is 2.20.